The first kappa shape index (κ1) is 6.34. The molecule has 11 heavy (non-hydrogen) atoms. The maximum Gasteiger partial charge on any atom is 0.165 e. The number of aromatic nitrogens is 1. The number of ketones is 2. The van der Waals surface area contributed by atoms with Gasteiger partial charge in [0.05, 0.1) is 0 Å². The molecular weight excluding hydrogens is 142 g/mol. The first-order valence-corrected chi connectivity index (χ1v) is 3.52. The summed E-state index contributed by atoms with van der Waals surface area (Å²) in [5.41, 5.74) is 1.11. The van der Waals surface area contributed by atoms with Gasteiger partial charge in [-0.25, -0.2) is 0 Å². The zero-order chi connectivity index (χ0) is 7.84. The Bertz CT molecular complexity index is 294. The minimum Gasteiger partial charge on any atom is -0.366 e. The second-order valence-corrected chi connectivity index (χ2v) is 2.63. The molecule has 0 bridgehead atoms. The Hall–Kier alpha value is -1.38. The molecule has 56 valence electrons. The van der Waals surface area contributed by atoms with Crippen molar-refractivity contribution < 1.29 is 9.59 Å². The number of aromatic amines is 1. The molecule has 0 spiro atoms. The monoisotopic (exact) mass is 149 g/mol. The maximum atomic E-state index is 11.1. The third-order valence-electron chi connectivity index (χ3n) is 1.93. The van der Waals surface area contributed by atoms with E-state index in [-0.39, 0.29) is 11.6 Å². The van der Waals surface area contributed by atoms with Gasteiger partial charge in [-0.3, -0.25) is 9.59 Å². The fourth-order valence-electron chi connectivity index (χ4n) is 1.32. The highest BCUT2D eigenvalue weighted by molar-refractivity contribution is 6.13. The highest BCUT2D eigenvalue weighted by Crippen LogP contribution is 2.19. The number of hydrogen-bond acceptors (Lipinski definition) is 2. The molecule has 0 saturated carbocycles. The Balaban J connectivity index is 2.59. The summed E-state index contributed by atoms with van der Waals surface area (Å²) in [6.45, 7) is 0. The van der Waals surface area contributed by atoms with Crippen molar-refractivity contribution in [3.63, 3.8) is 0 Å². The summed E-state index contributed by atoms with van der Waals surface area (Å²) in [7, 11) is 0. The average molecular weight is 149 g/mol. The largest absolute Gasteiger partial charge is 0.366 e. The zero-order valence-electron chi connectivity index (χ0n) is 5.89. The smallest absolute Gasteiger partial charge is 0.165 e. The number of rotatable bonds is 0. The van der Waals surface area contributed by atoms with Gasteiger partial charge in [0.1, 0.15) is 0 Å². The zero-order valence-corrected chi connectivity index (χ0v) is 5.89. The molecule has 2 rings (SSSR count). The van der Waals surface area contributed by atoms with E-state index in [1.807, 2.05) is 0 Å². The van der Waals surface area contributed by atoms with Gasteiger partial charge in [-0.1, -0.05) is 0 Å². The molecule has 1 N–H and O–H groups in total. The molecule has 0 saturated heterocycles. The Morgan fingerprint density at radius 2 is 1.45 bits per heavy atom. The molecule has 3 heteroatoms. The molecule has 1 aromatic rings. The van der Waals surface area contributed by atoms with E-state index in [2.05, 4.69) is 4.98 Å². The third-order valence-corrected chi connectivity index (χ3v) is 1.93. The predicted octanol–water partition coefficient (Wildman–Crippen LogP) is 1.17. The van der Waals surface area contributed by atoms with E-state index in [4.69, 9.17) is 0 Å². The van der Waals surface area contributed by atoms with Gasteiger partial charge in [0.15, 0.2) is 11.6 Å². The summed E-state index contributed by atoms with van der Waals surface area (Å²) < 4.78 is 0. The molecule has 1 aliphatic carbocycles. The van der Waals surface area contributed by atoms with Crippen LogP contribution in [0.15, 0.2) is 12.4 Å². The maximum absolute atomic E-state index is 11.1. The molecule has 3 nitrogen and oxygen atoms in total. The van der Waals surface area contributed by atoms with E-state index in [0.29, 0.717) is 24.0 Å². The molecule has 0 atom stereocenters. The standard InChI is InChI=1S/C8H7NO2/c10-7-1-2-8(11)6-4-9-3-5(6)7/h3-4,9H,1-2H2. The van der Waals surface area contributed by atoms with Crippen molar-refractivity contribution in [2.75, 3.05) is 0 Å². The van der Waals surface area contributed by atoms with Crippen molar-refractivity contribution >= 4 is 11.6 Å². The van der Waals surface area contributed by atoms with Crippen molar-refractivity contribution in [2.45, 2.75) is 12.8 Å². The number of H-pyrrole nitrogens is 1. The summed E-state index contributed by atoms with van der Waals surface area (Å²) in [4.78, 5) is 25.0. The van der Waals surface area contributed by atoms with Crippen LogP contribution < -0.4 is 0 Å². The van der Waals surface area contributed by atoms with Crippen molar-refractivity contribution in [1.29, 1.82) is 0 Å². The molecule has 1 aliphatic rings. The normalized spacial score (nSPS) is 16.7. The molecule has 0 aliphatic heterocycles. The Morgan fingerprint density at radius 1 is 1.00 bits per heavy atom. The van der Waals surface area contributed by atoms with Crippen LogP contribution >= 0.6 is 0 Å². The van der Waals surface area contributed by atoms with Crippen molar-refractivity contribution in [2.24, 2.45) is 0 Å². The van der Waals surface area contributed by atoms with Crippen LogP contribution in [0.25, 0.3) is 0 Å². The summed E-state index contributed by atoms with van der Waals surface area (Å²) in [5.74, 6) is 0.140. The molecule has 0 fully saturated rings. The van der Waals surface area contributed by atoms with Crippen LogP contribution in [-0.4, -0.2) is 16.6 Å². The lowest BCUT2D eigenvalue weighted by molar-refractivity contribution is 0.0891. The Morgan fingerprint density at radius 3 is 1.91 bits per heavy atom. The SMILES string of the molecule is O=C1CCC(=O)c2c[nH]cc21. The van der Waals surface area contributed by atoms with Crippen molar-refractivity contribution in [3.05, 3.63) is 23.5 Å². The summed E-state index contributed by atoms with van der Waals surface area (Å²) >= 11 is 0. The molecule has 0 amide bonds. The lowest BCUT2D eigenvalue weighted by Crippen LogP contribution is -2.14. The predicted molar refractivity (Wildman–Crippen MR) is 38.7 cm³/mol. The summed E-state index contributed by atoms with van der Waals surface area (Å²) in [6.07, 6.45) is 3.91. The highest BCUT2D eigenvalue weighted by Gasteiger charge is 2.23. The van der Waals surface area contributed by atoms with Crippen LogP contribution in [0.1, 0.15) is 33.6 Å². The van der Waals surface area contributed by atoms with Crippen LogP contribution in [0.4, 0.5) is 0 Å². The first-order valence-electron chi connectivity index (χ1n) is 3.52. The number of carbonyl (C=O) groups excluding carboxylic acids is 2. The summed E-state index contributed by atoms with van der Waals surface area (Å²) in [5, 5.41) is 0. The van der Waals surface area contributed by atoms with Crippen molar-refractivity contribution in [1.82, 2.24) is 4.98 Å². The van der Waals surface area contributed by atoms with E-state index >= 15 is 0 Å². The van der Waals surface area contributed by atoms with Gasteiger partial charge in [0.2, 0.25) is 0 Å². The minimum atomic E-state index is 0.0702. The third kappa shape index (κ3) is 0.808. The number of nitrogens with one attached hydrogen (secondary N) is 1. The lowest BCUT2D eigenvalue weighted by atomic mass is 9.94. The van der Waals surface area contributed by atoms with Crippen LogP contribution in [0.5, 0.6) is 0 Å². The van der Waals surface area contributed by atoms with Gasteiger partial charge in [0.25, 0.3) is 0 Å². The van der Waals surface area contributed by atoms with Crippen LogP contribution in [-0.2, 0) is 0 Å². The number of Topliss-reactive ketones (excluding diaryl/α,β-unsaturated/α-hetero) is 2. The second-order valence-electron chi connectivity index (χ2n) is 2.63. The van der Waals surface area contributed by atoms with Gasteiger partial charge < -0.3 is 4.98 Å². The number of hydrogen-bond donors (Lipinski definition) is 1. The van der Waals surface area contributed by atoms with Gasteiger partial charge in [0, 0.05) is 36.4 Å². The van der Waals surface area contributed by atoms with Gasteiger partial charge in [-0.15, -0.1) is 0 Å². The fourth-order valence-corrected chi connectivity index (χ4v) is 1.32. The molecule has 0 radical (unpaired) electrons. The first-order chi connectivity index (χ1) is 5.29. The van der Waals surface area contributed by atoms with E-state index in [0.717, 1.165) is 0 Å². The quantitative estimate of drug-likeness (QED) is 0.602. The van der Waals surface area contributed by atoms with E-state index in [1.54, 1.807) is 12.4 Å². The van der Waals surface area contributed by atoms with Crippen LogP contribution in [0.2, 0.25) is 0 Å². The van der Waals surface area contributed by atoms with Crippen LogP contribution in [0.3, 0.4) is 0 Å². The van der Waals surface area contributed by atoms with E-state index in [9.17, 15) is 9.59 Å². The fraction of sp³-hybridized carbons (Fsp3) is 0.250. The summed E-state index contributed by atoms with van der Waals surface area (Å²) in [6, 6.07) is 0. The average Bonchev–Trinajstić information content (AvgIpc) is 2.45. The lowest BCUT2D eigenvalue weighted by Gasteiger charge is -2.06. The molecular formula is C8H7NO2. The Kier molecular flexibility index (Phi) is 1.18. The number of fused-ring (bicyclic) bond motifs is 1. The van der Waals surface area contributed by atoms with Crippen molar-refractivity contribution in [3.8, 4) is 0 Å². The van der Waals surface area contributed by atoms with Gasteiger partial charge in [-0.2, -0.15) is 0 Å². The van der Waals surface area contributed by atoms with E-state index in [1.165, 1.54) is 0 Å². The molecule has 0 unspecified atom stereocenters. The highest BCUT2D eigenvalue weighted by atomic mass is 16.1. The van der Waals surface area contributed by atoms with Gasteiger partial charge in [-0.05, 0) is 0 Å². The Labute approximate surface area is 63.4 Å². The second kappa shape index (κ2) is 2.05. The van der Waals surface area contributed by atoms with Crippen LogP contribution in [0, 0.1) is 0 Å². The van der Waals surface area contributed by atoms with Gasteiger partial charge >= 0.3 is 0 Å². The molecule has 1 aromatic heterocycles. The minimum absolute atomic E-state index is 0.0702. The topological polar surface area (TPSA) is 49.9 Å². The molecule has 1 heterocycles. The number of carbonyl (C=O) groups is 2. The molecule has 0 aromatic carbocycles. The van der Waals surface area contributed by atoms with E-state index < -0.39 is 0 Å².